The van der Waals surface area contributed by atoms with Gasteiger partial charge in [0.25, 0.3) is 0 Å². The number of hydrogen-bond acceptors (Lipinski definition) is 7. The molecule has 7 heteroatoms. The first-order valence-corrected chi connectivity index (χ1v) is 18.5. The monoisotopic (exact) mass is 607 g/mol. The van der Waals surface area contributed by atoms with Crippen LogP contribution in [-0.4, -0.2) is 70.9 Å². The van der Waals surface area contributed by atoms with Crippen molar-refractivity contribution in [2.75, 3.05) is 52.5 Å². The summed E-state index contributed by atoms with van der Waals surface area (Å²) in [4.78, 5) is 0. The second kappa shape index (κ2) is 17.0. The van der Waals surface area contributed by atoms with Crippen LogP contribution in [0.1, 0.15) is 111 Å². The highest BCUT2D eigenvalue weighted by atomic mass is 16.5. The van der Waals surface area contributed by atoms with Gasteiger partial charge in [-0.15, -0.1) is 0 Å². The molecule has 252 valence electrons. The Bertz CT molecular complexity index is 802. The fourth-order valence-corrected chi connectivity index (χ4v) is 10.6. The quantitative estimate of drug-likeness (QED) is 0.144. The molecule has 7 N–H and O–H groups in total. The first kappa shape index (κ1) is 35.6. The van der Waals surface area contributed by atoms with Crippen LogP contribution in [-0.2, 0) is 14.2 Å². The Hall–Kier alpha value is -0.280. The highest BCUT2D eigenvalue weighted by molar-refractivity contribution is 5.15. The van der Waals surface area contributed by atoms with E-state index in [9.17, 15) is 0 Å². The van der Waals surface area contributed by atoms with Crippen molar-refractivity contribution in [3.05, 3.63) is 0 Å². The topological polar surface area (TPSA) is 118 Å². The summed E-state index contributed by atoms with van der Waals surface area (Å²) in [6, 6.07) is 0. The zero-order chi connectivity index (χ0) is 30.9. The Morgan fingerprint density at radius 2 is 1.49 bits per heavy atom. The first-order valence-electron chi connectivity index (χ1n) is 18.5. The van der Waals surface area contributed by atoms with E-state index in [-0.39, 0.29) is 5.41 Å². The number of fused-ring (bicyclic) bond motifs is 5. The van der Waals surface area contributed by atoms with Crippen molar-refractivity contribution < 1.29 is 14.2 Å². The zero-order valence-electron chi connectivity index (χ0n) is 28.5. The summed E-state index contributed by atoms with van der Waals surface area (Å²) in [6.07, 6.45) is 16.2. The number of nitrogens with one attached hydrogen (secondary N) is 1. The maximum Gasteiger partial charge on any atom is 0.0637 e. The van der Waals surface area contributed by atoms with Gasteiger partial charge in [0, 0.05) is 25.2 Å². The summed E-state index contributed by atoms with van der Waals surface area (Å²) in [7, 11) is 0. The van der Waals surface area contributed by atoms with Crippen molar-refractivity contribution in [1.29, 1.82) is 0 Å². The van der Waals surface area contributed by atoms with Crippen LogP contribution in [0, 0.1) is 46.3 Å². The van der Waals surface area contributed by atoms with E-state index >= 15 is 0 Å². The zero-order valence-corrected chi connectivity index (χ0v) is 28.5. The van der Waals surface area contributed by atoms with Crippen LogP contribution in [0.5, 0.6) is 0 Å². The molecule has 11 atom stereocenters. The molecule has 0 aliphatic heterocycles. The van der Waals surface area contributed by atoms with Crippen molar-refractivity contribution in [1.82, 2.24) is 5.32 Å². The molecular weight excluding hydrogens is 536 g/mol. The van der Waals surface area contributed by atoms with Crippen LogP contribution in [0.2, 0.25) is 0 Å². The van der Waals surface area contributed by atoms with Crippen LogP contribution in [0.3, 0.4) is 0 Å². The highest BCUT2D eigenvalue weighted by Gasteiger charge is 2.66. The van der Waals surface area contributed by atoms with E-state index in [0.29, 0.717) is 78.9 Å². The van der Waals surface area contributed by atoms with Gasteiger partial charge in [0.1, 0.15) is 0 Å². The molecule has 0 saturated heterocycles. The van der Waals surface area contributed by atoms with Gasteiger partial charge in [-0.3, -0.25) is 0 Å². The van der Waals surface area contributed by atoms with Gasteiger partial charge in [0.05, 0.1) is 18.3 Å². The lowest BCUT2D eigenvalue weighted by Gasteiger charge is -2.65. The second-order valence-corrected chi connectivity index (χ2v) is 15.3. The number of hydrogen-bond donors (Lipinski definition) is 4. The first-order chi connectivity index (χ1) is 20.8. The van der Waals surface area contributed by atoms with Gasteiger partial charge in [0.2, 0.25) is 0 Å². The van der Waals surface area contributed by atoms with E-state index < -0.39 is 0 Å². The minimum atomic E-state index is 0.188. The third kappa shape index (κ3) is 8.00. The lowest BCUT2D eigenvalue weighted by atomic mass is 9.43. The molecular formula is C36H70N4O3. The van der Waals surface area contributed by atoms with E-state index in [0.717, 1.165) is 58.6 Å². The van der Waals surface area contributed by atoms with Crippen LogP contribution in [0.15, 0.2) is 0 Å². The predicted molar refractivity (Wildman–Crippen MR) is 178 cm³/mol. The summed E-state index contributed by atoms with van der Waals surface area (Å²) >= 11 is 0. The average molecular weight is 607 g/mol. The van der Waals surface area contributed by atoms with Crippen LogP contribution in [0.25, 0.3) is 0 Å². The van der Waals surface area contributed by atoms with Crippen molar-refractivity contribution in [3.63, 3.8) is 0 Å². The molecule has 4 aliphatic carbocycles. The van der Waals surface area contributed by atoms with Crippen LogP contribution in [0.4, 0.5) is 0 Å². The van der Waals surface area contributed by atoms with E-state index in [2.05, 4.69) is 33.0 Å². The van der Waals surface area contributed by atoms with E-state index in [1.54, 1.807) is 0 Å². The third-order valence-electron chi connectivity index (χ3n) is 12.9. The van der Waals surface area contributed by atoms with Gasteiger partial charge in [-0.25, -0.2) is 0 Å². The highest BCUT2D eigenvalue weighted by Crippen LogP contribution is 2.69. The summed E-state index contributed by atoms with van der Waals surface area (Å²) in [5, 5.41) is 3.63. The van der Waals surface area contributed by atoms with Gasteiger partial charge >= 0.3 is 0 Å². The third-order valence-corrected chi connectivity index (χ3v) is 12.9. The number of rotatable bonds is 19. The second-order valence-electron chi connectivity index (χ2n) is 15.3. The van der Waals surface area contributed by atoms with Gasteiger partial charge in [-0.2, -0.15) is 0 Å². The Kier molecular flexibility index (Phi) is 14.1. The molecule has 0 spiro atoms. The van der Waals surface area contributed by atoms with E-state index in [1.807, 2.05) is 0 Å². The van der Waals surface area contributed by atoms with Crippen molar-refractivity contribution in [2.45, 2.75) is 129 Å². The molecule has 0 heterocycles. The van der Waals surface area contributed by atoms with Crippen LogP contribution >= 0.6 is 0 Å². The molecule has 4 fully saturated rings. The van der Waals surface area contributed by atoms with E-state index in [1.165, 1.54) is 57.8 Å². The maximum absolute atomic E-state index is 6.99. The molecule has 4 rings (SSSR count). The summed E-state index contributed by atoms with van der Waals surface area (Å²) < 4.78 is 20.3. The molecule has 0 bridgehead atoms. The van der Waals surface area contributed by atoms with Crippen molar-refractivity contribution in [3.8, 4) is 0 Å². The summed E-state index contributed by atoms with van der Waals surface area (Å²) in [5.74, 6) is 3.94. The molecule has 43 heavy (non-hydrogen) atoms. The lowest BCUT2D eigenvalue weighted by Crippen LogP contribution is -2.63. The van der Waals surface area contributed by atoms with Crippen molar-refractivity contribution >= 4 is 0 Å². The molecule has 0 aromatic heterocycles. The number of nitrogens with two attached hydrogens (primary N) is 3. The lowest BCUT2D eigenvalue weighted by molar-refractivity contribution is -0.227. The molecule has 7 nitrogen and oxygen atoms in total. The van der Waals surface area contributed by atoms with Gasteiger partial charge in [-0.1, -0.05) is 27.7 Å². The van der Waals surface area contributed by atoms with E-state index in [4.69, 9.17) is 31.4 Å². The summed E-state index contributed by atoms with van der Waals surface area (Å²) in [5.41, 5.74) is 18.2. The largest absolute Gasteiger partial charge is 0.378 e. The Morgan fingerprint density at radius 1 is 0.791 bits per heavy atom. The fraction of sp³-hybridized carbons (Fsp3) is 1.00. The standard InChI is InChI=1S/C36H70N4O3/c1-5-18-40-19-6-10-26(2)29-11-12-30-34-31(25-33(36(29,30)4)43-22-9-17-39)35(3)14-13-28(41-20-7-15-37)23-27(35)24-32(34)42-21-8-16-38/h26-34,40H,5-25,37-39H2,1-4H3/t26-,27?,28-,29-,30+,31+,32?,33+,34?,35?,36-/m1/s1. The Balaban J connectivity index is 1.59. The molecule has 4 saturated carbocycles. The number of ether oxygens (including phenoxy) is 3. The SMILES string of the molecule is CCCNCCC[C@@H](C)[C@H]1CC[C@H]2C3C(OCCCN)CC4C[C@H](OCCCN)CCC4(C)[C@H]3C[C@H](OCCCN)[C@]12C. The minimum absolute atomic E-state index is 0.188. The summed E-state index contributed by atoms with van der Waals surface area (Å²) in [6.45, 7) is 16.8. The maximum atomic E-state index is 6.99. The molecule has 0 radical (unpaired) electrons. The van der Waals surface area contributed by atoms with Crippen molar-refractivity contribution in [2.24, 2.45) is 63.5 Å². The predicted octanol–water partition coefficient (Wildman–Crippen LogP) is 5.48. The Morgan fingerprint density at radius 3 is 2.19 bits per heavy atom. The van der Waals surface area contributed by atoms with Crippen LogP contribution < -0.4 is 22.5 Å². The molecule has 0 amide bonds. The normalized spacial score (nSPS) is 39.7. The van der Waals surface area contributed by atoms with Gasteiger partial charge < -0.3 is 36.7 Å². The van der Waals surface area contributed by atoms with Gasteiger partial charge in [0.15, 0.2) is 0 Å². The van der Waals surface area contributed by atoms with Gasteiger partial charge in [-0.05, 0) is 157 Å². The molecule has 0 aromatic carbocycles. The smallest absolute Gasteiger partial charge is 0.0637 e. The Labute approximate surface area is 264 Å². The fourth-order valence-electron chi connectivity index (χ4n) is 10.6. The minimum Gasteiger partial charge on any atom is -0.378 e. The molecule has 4 aliphatic rings. The molecule has 0 aromatic rings. The molecule has 4 unspecified atom stereocenters. The average Bonchev–Trinajstić information content (AvgIpc) is 3.36.